The Morgan fingerprint density at radius 2 is 2.00 bits per heavy atom. The van der Waals surface area contributed by atoms with Gasteiger partial charge in [-0.3, -0.25) is 9.59 Å². The van der Waals surface area contributed by atoms with Gasteiger partial charge in [0.25, 0.3) is 0 Å². The fourth-order valence-electron chi connectivity index (χ4n) is 1.09. The lowest BCUT2D eigenvalue weighted by Crippen LogP contribution is -2.45. The molecule has 6 heteroatoms. The average molecular weight is 205 g/mol. The molecule has 0 rings (SSSR count). The number of carboxylic acids is 1. The molecular weight excluding hydrogens is 190 g/mol. The summed E-state index contributed by atoms with van der Waals surface area (Å²) in [6.07, 6.45) is -1.54. The third-order valence-electron chi connectivity index (χ3n) is 2.05. The Hall–Kier alpha value is -1.14. The number of rotatable bonds is 5. The van der Waals surface area contributed by atoms with Gasteiger partial charge in [-0.2, -0.15) is 0 Å². The van der Waals surface area contributed by atoms with Crippen LogP contribution in [0, 0.1) is 5.41 Å². The molecule has 1 amide bonds. The van der Waals surface area contributed by atoms with Crippen LogP contribution in [0.4, 0.5) is 0 Å². The molecule has 0 aromatic carbocycles. The summed E-state index contributed by atoms with van der Waals surface area (Å²) in [7, 11) is 1.31. The zero-order valence-electron chi connectivity index (χ0n) is 8.15. The van der Waals surface area contributed by atoms with Crippen molar-refractivity contribution in [2.75, 3.05) is 13.7 Å². The van der Waals surface area contributed by atoms with Crippen molar-refractivity contribution in [3.05, 3.63) is 0 Å². The van der Waals surface area contributed by atoms with Crippen molar-refractivity contribution in [3.8, 4) is 0 Å². The number of carbonyl (C=O) groups is 2. The van der Waals surface area contributed by atoms with Crippen LogP contribution >= 0.6 is 0 Å². The van der Waals surface area contributed by atoms with Gasteiger partial charge in [0.15, 0.2) is 0 Å². The molecule has 0 radical (unpaired) electrons. The molecule has 0 aromatic heterocycles. The summed E-state index contributed by atoms with van der Waals surface area (Å²) < 4.78 is 0. The molecule has 82 valence electrons. The Morgan fingerprint density at radius 3 is 2.29 bits per heavy atom. The molecule has 0 aromatic rings. The van der Waals surface area contributed by atoms with Crippen LogP contribution in [-0.4, -0.2) is 47.0 Å². The molecule has 2 unspecified atom stereocenters. The second kappa shape index (κ2) is 4.92. The molecular formula is C8H15NO5. The van der Waals surface area contributed by atoms with Gasteiger partial charge in [-0.25, -0.2) is 0 Å². The molecule has 6 nitrogen and oxygen atoms in total. The normalized spacial score (nSPS) is 16.9. The van der Waals surface area contributed by atoms with Gasteiger partial charge in [0, 0.05) is 13.5 Å². The summed E-state index contributed by atoms with van der Waals surface area (Å²) in [6.45, 7) is 0.632. The smallest absolute Gasteiger partial charge is 0.319 e. The quantitative estimate of drug-likeness (QED) is 0.411. The molecule has 0 spiro atoms. The minimum atomic E-state index is -1.71. The van der Waals surface area contributed by atoms with Crippen LogP contribution in [0.2, 0.25) is 0 Å². The first-order valence-electron chi connectivity index (χ1n) is 4.13. The van der Waals surface area contributed by atoms with E-state index in [0.717, 1.165) is 0 Å². The van der Waals surface area contributed by atoms with Gasteiger partial charge in [-0.15, -0.1) is 0 Å². The zero-order chi connectivity index (χ0) is 11.4. The van der Waals surface area contributed by atoms with Gasteiger partial charge in [-0.05, 0) is 6.92 Å². The Bertz CT molecular complexity index is 230. The standard InChI is InChI=1S/C8H15NO5/c1-8(7(13)14,6(12)9-2)3-5(11)4-10/h5,10-11H,3-4H2,1-2H3,(H,9,12)(H,13,14). The number of aliphatic hydroxyl groups excluding tert-OH is 2. The lowest BCUT2D eigenvalue weighted by atomic mass is 9.83. The Kier molecular flexibility index (Phi) is 4.52. The molecule has 0 aliphatic rings. The maximum absolute atomic E-state index is 11.2. The summed E-state index contributed by atoms with van der Waals surface area (Å²) in [5.41, 5.74) is -1.71. The number of aliphatic hydroxyl groups is 2. The van der Waals surface area contributed by atoms with E-state index in [1.54, 1.807) is 0 Å². The molecule has 2 atom stereocenters. The maximum Gasteiger partial charge on any atom is 0.319 e. The molecule has 14 heavy (non-hydrogen) atoms. The maximum atomic E-state index is 11.2. The van der Waals surface area contributed by atoms with Gasteiger partial charge >= 0.3 is 5.97 Å². The molecule has 0 aliphatic heterocycles. The summed E-state index contributed by atoms with van der Waals surface area (Å²) in [4.78, 5) is 22.1. The van der Waals surface area contributed by atoms with Crippen molar-refractivity contribution < 1.29 is 24.9 Å². The first-order chi connectivity index (χ1) is 6.38. The van der Waals surface area contributed by atoms with Crippen LogP contribution in [-0.2, 0) is 9.59 Å². The fourth-order valence-corrected chi connectivity index (χ4v) is 1.09. The number of aliphatic carboxylic acids is 1. The second-order valence-corrected chi connectivity index (χ2v) is 3.26. The van der Waals surface area contributed by atoms with Crippen LogP contribution in [0.25, 0.3) is 0 Å². The third kappa shape index (κ3) is 2.68. The minimum absolute atomic E-state index is 0.321. The highest BCUT2D eigenvalue weighted by molar-refractivity contribution is 6.01. The monoisotopic (exact) mass is 205 g/mol. The molecule has 0 aliphatic carbocycles. The van der Waals surface area contributed by atoms with Gasteiger partial charge in [0.05, 0.1) is 12.7 Å². The van der Waals surface area contributed by atoms with E-state index in [0.29, 0.717) is 0 Å². The number of carboxylic acid groups (broad SMARTS) is 1. The van der Waals surface area contributed by atoms with E-state index in [2.05, 4.69) is 5.32 Å². The number of hydrogen-bond donors (Lipinski definition) is 4. The number of carbonyl (C=O) groups excluding carboxylic acids is 1. The van der Waals surface area contributed by atoms with E-state index in [4.69, 9.17) is 15.3 Å². The van der Waals surface area contributed by atoms with Crippen molar-refractivity contribution in [1.29, 1.82) is 0 Å². The first-order valence-corrected chi connectivity index (χ1v) is 4.13. The number of amides is 1. The highest BCUT2D eigenvalue weighted by Crippen LogP contribution is 2.23. The molecule has 0 heterocycles. The molecule has 4 N–H and O–H groups in total. The van der Waals surface area contributed by atoms with Crippen molar-refractivity contribution >= 4 is 11.9 Å². The summed E-state index contributed by atoms with van der Waals surface area (Å²) in [6, 6.07) is 0. The van der Waals surface area contributed by atoms with E-state index in [1.807, 2.05) is 0 Å². The van der Waals surface area contributed by atoms with Crippen molar-refractivity contribution in [1.82, 2.24) is 5.32 Å². The van der Waals surface area contributed by atoms with Crippen LogP contribution < -0.4 is 5.32 Å². The van der Waals surface area contributed by atoms with E-state index in [9.17, 15) is 9.59 Å². The Balaban J connectivity index is 4.73. The van der Waals surface area contributed by atoms with Crippen molar-refractivity contribution in [2.24, 2.45) is 5.41 Å². The van der Waals surface area contributed by atoms with Crippen LogP contribution in [0.3, 0.4) is 0 Å². The molecule has 0 bridgehead atoms. The summed E-state index contributed by atoms with van der Waals surface area (Å²) in [5.74, 6) is -2.03. The van der Waals surface area contributed by atoms with E-state index in [-0.39, 0.29) is 6.42 Å². The summed E-state index contributed by atoms with van der Waals surface area (Å²) >= 11 is 0. The van der Waals surface area contributed by atoms with Crippen molar-refractivity contribution in [3.63, 3.8) is 0 Å². The Labute approximate surface area is 81.5 Å². The zero-order valence-corrected chi connectivity index (χ0v) is 8.15. The second-order valence-electron chi connectivity index (χ2n) is 3.26. The molecule has 0 fully saturated rings. The SMILES string of the molecule is CNC(=O)C(C)(CC(O)CO)C(=O)O. The van der Waals surface area contributed by atoms with Crippen LogP contribution in [0.1, 0.15) is 13.3 Å². The molecule has 0 saturated heterocycles. The van der Waals surface area contributed by atoms with E-state index in [1.165, 1.54) is 14.0 Å². The highest BCUT2D eigenvalue weighted by Gasteiger charge is 2.42. The average Bonchev–Trinajstić information content (AvgIpc) is 2.15. The largest absolute Gasteiger partial charge is 0.480 e. The van der Waals surface area contributed by atoms with Crippen molar-refractivity contribution in [2.45, 2.75) is 19.4 Å². The predicted octanol–water partition coefficient (Wildman–Crippen LogP) is -1.43. The van der Waals surface area contributed by atoms with E-state index < -0.39 is 30.0 Å². The predicted molar refractivity (Wildman–Crippen MR) is 47.5 cm³/mol. The highest BCUT2D eigenvalue weighted by atomic mass is 16.4. The van der Waals surface area contributed by atoms with Gasteiger partial charge in [-0.1, -0.05) is 0 Å². The Morgan fingerprint density at radius 1 is 1.50 bits per heavy atom. The lowest BCUT2D eigenvalue weighted by molar-refractivity contribution is -0.157. The van der Waals surface area contributed by atoms with Gasteiger partial charge < -0.3 is 20.6 Å². The van der Waals surface area contributed by atoms with Gasteiger partial charge in [0.1, 0.15) is 5.41 Å². The molecule has 0 saturated carbocycles. The van der Waals surface area contributed by atoms with Gasteiger partial charge in [0.2, 0.25) is 5.91 Å². The third-order valence-corrected chi connectivity index (χ3v) is 2.05. The van der Waals surface area contributed by atoms with E-state index >= 15 is 0 Å². The van der Waals surface area contributed by atoms with Crippen LogP contribution in [0.5, 0.6) is 0 Å². The van der Waals surface area contributed by atoms with Crippen LogP contribution in [0.15, 0.2) is 0 Å². The lowest BCUT2D eigenvalue weighted by Gasteiger charge is -2.24. The number of nitrogens with one attached hydrogen (secondary N) is 1. The fraction of sp³-hybridized carbons (Fsp3) is 0.750. The minimum Gasteiger partial charge on any atom is -0.480 e. The first kappa shape index (κ1) is 12.9. The summed E-state index contributed by atoms with van der Waals surface area (Å²) in [5, 5.41) is 28.7. The number of hydrogen-bond acceptors (Lipinski definition) is 4. The topological polar surface area (TPSA) is 107 Å².